The van der Waals surface area contributed by atoms with Crippen molar-refractivity contribution in [3.8, 4) is 0 Å². The van der Waals surface area contributed by atoms with Crippen molar-refractivity contribution in [3.05, 3.63) is 23.8 Å². The molecular formula is C28H35ClO10. The largest absolute Gasteiger partial charge is 0.458 e. The van der Waals surface area contributed by atoms with E-state index in [0.717, 1.165) is 13.8 Å². The Bertz CT molecular complexity index is 1180. The normalized spacial score (nSPS) is 42.6. The number of aliphatic hydroxyl groups excluding tert-OH is 1. The molecule has 0 heterocycles. The minimum absolute atomic E-state index is 0.111. The number of hydrogen-bond acceptors (Lipinski definition) is 10. The van der Waals surface area contributed by atoms with Gasteiger partial charge in [-0.15, -0.1) is 11.6 Å². The maximum absolute atomic E-state index is 13.8. The lowest BCUT2D eigenvalue weighted by Crippen LogP contribution is -2.71. The van der Waals surface area contributed by atoms with E-state index in [9.17, 15) is 34.2 Å². The van der Waals surface area contributed by atoms with Crippen molar-refractivity contribution in [1.82, 2.24) is 0 Å². The number of esters is 3. The van der Waals surface area contributed by atoms with Gasteiger partial charge in [-0.25, -0.2) is 0 Å². The number of allylic oxidation sites excluding steroid dienone is 3. The molecule has 4 aliphatic carbocycles. The van der Waals surface area contributed by atoms with Gasteiger partial charge in [0.2, 0.25) is 5.78 Å². The van der Waals surface area contributed by atoms with Crippen molar-refractivity contribution < 1.29 is 48.4 Å². The number of Topliss-reactive ketones (excluding diaryl/α,β-unsaturated/α-hetero) is 1. The van der Waals surface area contributed by atoms with Crippen LogP contribution < -0.4 is 0 Å². The fraction of sp³-hybridized carbons (Fsp3) is 0.679. The standard InChI is InChI=1S/C28H35ClO10/c1-13-9-18-19-11-21(37-14(2)30)20-10-17(33)7-8-25(20,5)27(19,29)22(34)12-26(18,6)28(13,36)23(35)24(38-15(3)31)39-16(4)32/h7-8,10,13,18-19,21-22,24,34,36H,9,11-12H2,1-6H3/t13-,18-,19-,21?,22-,25-,26-,27-,28-/m0/s1. The Morgan fingerprint density at radius 3 is 2.15 bits per heavy atom. The molecule has 0 aliphatic heterocycles. The van der Waals surface area contributed by atoms with Crippen molar-refractivity contribution >= 4 is 41.1 Å². The van der Waals surface area contributed by atoms with Crippen LogP contribution in [-0.2, 0) is 38.2 Å². The Hall–Kier alpha value is -2.56. The number of carbonyl (C=O) groups excluding carboxylic acids is 5. The van der Waals surface area contributed by atoms with Crippen LogP contribution in [0.15, 0.2) is 23.8 Å². The van der Waals surface area contributed by atoms with E-state index in [-0.39, 0.29) is 18.6 Å². The molecule has 0 amide bonds. The lowest BCUT2D eigenvalue weighted by atomic mass is 9.45. The molecule has 214 valence electrons. The summed E-state index contributed by atoms with van der Waals surface area (Å²) in [7, 11) is 0. The summed E-state index contributed by atoms with van der Waals surface area (Å²) in [6.07, 6.45) is 0.680. The van der Waals surface area contributed by atoms with Crippen LogP contribution in [0.2, 0.25) is 0 Å². The van der Waals surface area contributed by atoms with E-state index in [1.165, 1.54) is 19.1 Å². The first-order valence-electron chi connectivity index (χ1n) is 13.0. The van der Waals surface area contributed by atoms with Gasteiger partial charge in [-0.1, -0.05) is 26.8 Å². The van der Waals surface area contributed by atoms with Crippen LogP contribution in [0.5, 0.6) is 0 Å². The highest BCUT2D eigenvalue weighted by molar-refractivity contribution is 6.26. The fourth-order valence-electron chi connectivity index (χ4n) is 8.01. The molecule has 4 aliphatic rings. The van der Waals surface area contributed by atoms with E-state index in [1.54, 1.807) is 26.8 Å². The van der Waals surface area contributed by atoms with E-state index < -0.39 is 81.2 Å². The van der Waals surface area contributed by atoms with Gasteiger partial charge >= 0.3 is 24.2 Å². The van der Waals surface area contributed by atoms with E-state index >= 15 is 0 Å². The minimum Gasteiger partial charge on any atom is -0.458 e. The van der Waals surface area contributed by atoms with Gasteiger partial charge < -0.3 is 24.4 Å². The van der Waals surface area contributed by atoms with Crippen molar-refractivity contribution in [2.24, 2.45) is 28.6 Å². The SMILES string of the molecule is CC(=O)OC1C[C@H]2[C@@H]3C[C@H](C)[C@](O)(C(=O)C(OC(C)=O)OC(C)=O)[C@@]3(C)C[C@H](O)[C@]2(Cl)[C@@]2(C)C=CC(=O)C=C12. The Labute approximate surface area is 231 Å². The first-order chi connectivity index (χ1) is 17.9. The summed E-state index contributed by atoms with van der Waals surface area (Å²) in [6.45, 7) is 8.49. The summed E-state index contributed by atoms with van der Waals surface area (Å²) in [6, 6.07) is 0. The first-order valence-corrected chi connectivity index (χ1v) is 13.4. The number of halogens is 1. The molecule has 0 aromatic carbocycles. The third-order valence-corrected chi connectivity index (χ3v) is 10.6. The molecular weight excluding hydrogens is 532 g/mol. The summed E-state index contributed by atoms with van der Waals surface area (Å²) in [5.41, 5.74) is -4.06. The molecule has 10 nitrogen and oxygen atoms in total. The molecule has 39 heavy (non-hydrogen) atoms. The molecule has 3 saturated carbocycles. The second-order valence-corrected chi connectivity index (χ2v) is 12.4. The molecule has 0 bridgehead atoms. The summed E-state index contributed by atoms with van der Waals surface area (Å²) in [4.78, 5) is 60.3. The van der Waals surface area contributed by atoms with Crippen LogP contribution in [0.3, 0.4) is 0 Å². The molecule has 2 N–H and O–H groups in total. The number of hydrogen-bond donors (Lipinski definition) is 2. The second kappa shape index (κ2) is 9.52. The maximum Gasteiger partial charge on any atom is 0.309 e. The van der Waals surface area contributed by atoms with E-state index in [1.807, 2.05) is 0 Å². The Morgan fingerprint density at radius 1 is 1.03 bits per heavy atom. The van der Waals surface area contributed by atoms with Gasteiger partial charge in [-0.05, 0) is 54.7 Å². The quantitative estimate of drug-likeness (QED) is 0.287. The summed E-state index contributed by atoms with van der Waals surface area (Å²) in [5, 5.41) is 23.9. The number of ketones is 2. The first kappa shape index (κ1) is 29.4. The molecule has 11 heteroatoms. The molecule has 1 unspecified atom stereocenters. The summed E-state index contributed by atoms with van der Waals surface area (Å²) >= 11 is 7.44. The number of alkyl halides is 1. The molecule has 3 fully saturated rings. The van der Waals surface area contributed by atoms with E-state index in [0.29, 0.717) is 12.0 Å². The number of carbonyl (C=O) groups is 5. The van der Waals surface area contributed by atoms with Crippen molar-refractivity contribution in [2.75, 3.05) is 0 Å². The Kier molecular flexibility index (Phi) is 7.18. The Morgan fingerprint density at radius 2 is 1.62 bits per heavy atom. The predicted octanol–water partition coefficient (Wildman–Crippen LogP) is 2.17. The number of ether oxygens (including phenoxy) is 3. The molecule has 0 saturated heterocycles. The molecule has 9 atom stereocenters. The van der Waals surface area contributed by atoms with Crippen LogP contribution in [0.25, 0.3) is 0 Å². The van der Waals surface area contributed by atoms with E-state index in [4.69, 9.17) is 25.8 Å². The molecule has 0 radical (unpaired) electrons. The predicted molar refractivity (Wildman–Crippen MR) is 136 cm³/mol. The summed E-state index contributed by atoms with van der Waals surface area (Å²) < 4.78 is 15.7. The van der Waals surface area contributed by atoms with Gasteiger partial charge in [0.1, 0.15) is 11.7 Å². The number of aliphatic hydroxyl groups is 2. The van der Waals surface area contributed by atoms with Crippen molar-refractivity contribution in [3.63, 3.8) is 0 Å². The van der Waals surface area contributed by atoms with Crippen molar-refractivity contribution in [1.29, 1.82) is 0 Å². The highest BCUT2D eigenvalue weighted by atomic mass is 35.5. The van der Waals surface area contributed by atoms with E-state index in [2.05, 4.69) is 0 Å². The lowest BCUT2D eigenvalue weighted by molar-refractivity contribution is -0.213. The minimum atomic E-state index is -2.17. The number of fused-ring (bicyclic) bond motifs is 5. The highest BCUT2D eigenvalue weighted by Gasteiger charge is 2.76. The van der Waals surface area contributed by atoms with Crippen LogP contribution in [0, 0.1) is 28.6 Å². The van der Waals surface area contributed by atoms with Gasteiger partial charge in [0, 0.05) is 31.6 Å². The zero-order valence-electron chi connectivity index (χ0n) is 22.9. The molecule has 0 spiro atoms. The van der Waals surface area contributed by atoms with Crippen LogP contribution in [-0.4, -0.2) is 68.7 Å². The monoisotopic (exact) mass is 566 g/mol. The zero-order chi connectivity index (χ0) is 29.3. The fourth-order valence-corrected chi connectivity index (χ4v) is 8.50. The third kappa shape index (κ3) is 4.09. The number of rotatable bonds is 5. The van der Waals surface area contributed by atoms with Gasteiger partial charge in [-0.2, -0.15) is 0 Å². The maximum atomic E-state index is 13.8. The zero-order valence-corrected chi connectivity index (χ0v) is 23.6. The van der Waals surface area contributed by atoms with Gasteiger partial charge in [0.05, 0.1) is 11.0 Å². The van der Waals surface area contributed by atoms with Gasteiger partial charge in [0.15, 0.2) is 5.78 Å². The van der Waals surface area contributed by atoms with Gasteiger partial charge in [-0.3, -0.25) is 24.0 Å². The average molecular weight is 567 g/mol. The lowest BCUT2D eigenvalue weighted by Gasteiger charge is -2.64. The topological polar surface area (TPSA) is 154 Å². The average Bonchev–Trinajstić information content (AvgIpc) is 3.01. The van der Waals surface area contributed by atoms with Crippen LogP contribution in [0.4, 0.5) is 0 Å². The molecule has 0 aromatic heterocycles. The van der Waals surface area contributed by atoms with Crippen LogP contribution >= 0.6 is 11.6 Å². The highest BCUT2D eigenvalue weighted by Crippen LogP contribution is 2.71. The second-order valence-electron chi connectivity index (χ2n) is 11.8. The molecule has 4 rings (SSSR count). The third-order valence-electron chi connectivity index (χ3n) is 9.67. The van der Waals surface area contributed by atoms with Gasteiger partial charge in [0.25, 0.3) is 0 Å². The van der Waals surface area contributed by atoms with Crippen molar-refractivity contribution in [2.45, 2.75) is 89.8 Å². The smallest absolute Gasteiger partial charge is 0.309 e. The van der Waals surface area contributed by atoms with Crippen LogP contribution in [0.1, 0.15) is 60.8 Å². The molecule has 0 aromatic rings. The summed E-state index contributed by atoms with van der Waals surface area (Å²) in [5.74, 6) is -5.36. The Balaban J connectivity index is 1.83.